The van der Waals surface area contributed by atoms with Crippen LogP contribution in [0.4, 0.5) is 10.3 Å². The summed E-state index contributed by atoms with van der Waals surface area (Å²) < 4.78 is 15.4. The van der Waals surface area contributed by atoms with Gasteiger partial charge in [-0.05, 0) is 25.0 Å². The number of phenols is 1. The first-order valence-electron chi connectivity index (χ1n) is 6.37. The summed E-state index contributed by atoms with van der Waals surface area (Å²) in [6.07, 6.45) is 2.84. The van der Waals surface area contributed by atoms with Crippen LogP contribution in [0.15, 0.2) is 18.2 Å². The number of fused-ring (bicyclic) bond motifs is 1. The summed E-state index contributed by atoms with van der Waals surface area (Å²) in [5, 5.41) is 20.0. The van der Waals surface area contributed by atoms with E-state index in [2.05, 4.69) is 15.5 Å². The number of nitrogens with one attached hydrogen (secondary N) is 1. The van der Waals surface area contributed by atoms with Crippen molar-refractivity contribution in [3.05, 3.63) is 35.4 Å². The SMILES string of the molecule is O=C(Nc1nnc2n1CCCC2)c1c(O)cccc1F. The summed E-state index contributed by atoms with van der Waals surface area (Å²) in [5.41, 5.74) is -0.388. The molecule has 104 valence electrons. The third-order valence-electron chi connectivity index (χ3n) is 3.30. The first-order valence-corrected chi connectivity index (χ1v) is 6.37. The molecule has 3 rings (SSSR count). The van der Waals surface area contributed by atoms with Crippen LogP contribution in [0.1, 0.15) is 29.0 Å². The van der Waals surface area contributed by atoms with Gasteiger partial charge in [0.1, 0.15) is 23.0 Å². The summed E-state index contributed by atoms with van der Waals surface area (Å²) in [6, 6.07) is 3.71. The molecule has 0 aliphatic carbocycles. The Labute approximate surface area is 114 Å². The van der Waals surface area contributed by atoms with Crippen LogP contribution >= 0.6 is 0 Å². The fourth-order valence-corrected chi connectivity index (χ4v) is 2.30. The monoisotopic (exact) mass is 276 g/mol. The lowest BCUT2D eigenvalue weighted by Gasteiger charge is -2.15. The van der Waals surface area contributed by atoms with Gasteiger partial charge in [0.2, 0.25) is 5.95 Å². The Morgan fingerprint density at radius 1 is 1.35 bits per heavy atom. The minimum absolute atomic E-state index is 0.285. The fourth-order valence-electron chi connectivity index (χ4n) is 2.30. The molecule has 1 aromatic heterocycles. The van der Waals surface area contributed by atoms with Gasteiger partial charge >= 0.3 is 0 Å². The van der Waals surface area contributed by atoms with Crippen molar-refractivity contribution in [2.45, 2.75) is 25.8 Å². The molecule has 7 heteroatoms. The van der Waals surface area contributed by atoms with Gasteiger partial charge in [0.25, 0.3) is 5.91 Å². The number of aromatic hydroxyl groups is 1. The normalized spacial score (nSPS) is 13.8. The molecule has 0 spiro atoms. The second-order valence-corrected chi connectivity index (χ2v) is 4.64. The summed E-state index contributed by atoms with van der Waals surface area (Å²) >= 11 is 0. The van der Waals surface area contributed by atoms with Crippen molar-refractivity contribution in [2.24, 2.45) is 0 Å². The third-order valence-corrected chi connectivity index (χ3v) is 3.30. The van der Waals surface area contributed by atoms with Crippen molar-refractivity contribution in [3.63, 3.8) is 0 Å². The standard InChI is InChI=1S/C13H13FN4O2/c14-8-4-3-5-9(19)11(8)12(20)15-13-17-16-10-6-1-2-7-18(10)13/h3-5,19H,1-2,6-7H2,(H,15,17,20). The lowest BCUT2D eigenvalue weighted by Crippen LogP contribution is -2.19. The molecular formula is C13H13FN4O2. The third kappa shape index (κ3) is 2.11. The molecule has 1 aliphatic rings. The number of hydrogen-bond donors (Lipinski definition) is 2. The number of aromatic nitrogens is 3. The zero-order valence-electron chi connectivity index (χ0n) is 10.6. The molecule has 2 aromatic rings. The Hall–Kier alpha value is -2.44. The van der Waals surface area contributed by atoms with Crippen molar-refractivity contribution in [1.29, 1.82) is 0 Å². The number of phenolic OH excluding ortho intramolecular Hbond substituents is 1. The van der Waals surface area contributed by atoms with Crippen molar-refractivity contribution in [2.75, 3.05) is 5.32 Å². The highest BCUT2D eigenvalue weighted by atomic mass is 19.1. The highest BCUT2D eigenvalue weighted by Gasteiger charge is 2.21. The van der Waals surface area contributed by atoms with Crippen LogP contribution in [-0.4, -0.2) is 25.8 Å². The van der Waals surface area contributed by atoms with Gasteiger partial charge in [0.05, 0.1) is 0 Å². The Kier molecular flexibility index (Phi) is 3.09. The molecule has 6 nitrogen and oxygen atoms in total. The van der Waals surface area contributed by atoms with Crippen LogP contribution in [0, 0.1) is 5.82 Å². The highest BCUT2D eigenvalue weighted by molar-refractivity contribution is 6.05. The number of nitrogens with zero attached hydrogens (tertiary/aromatic N) is 3. The van der Waals surface area contributed by atoms with Crippen molar-refractivity contribution >= 4 is 11.9 Å². The zero-order chi connectivity index (χ0) is 14.1. The number of aryl methyl sites for hydroxylation is 1. The van der Waals surface area contributed by atoms with Crippen molar-refractivity contribution < 1.29 is 14.3 Å². The molecular weight excluding hydrogens is 263 g/mol. The molecule has 0 saturated carbocycles. The van der Waals surface area contributed by atoms with Crippen LogP contribution in [0.5, 0.6) is 5.75 Å². The molecule has 0 unspecified atom stereocenters. The van der Waals surface area contributed by atoms with E-state index in [0.29, 0.717) is 0 Å². The quantitative estimate of drug-likeness (QED) is 0.875. The Bertz CT molecular complexity index is 648. The number of halogens is 1. The number of carbonyl (C=O) groups excluding carboxylic acids is 1. The summed E-state index contributed by atoms with van der Waals surface area (Å²) in [4.78, 5) is 12.0. The molecule has 0 radical (unpaired) electrons. The number of rotatable bonds is 2. The molecule has 20 heavy (non-hydrogen) atoms. The molecule has 0 bridgehead atoms. The molecule has 2 N–H and O–H groups in total. The number of benzene rings is 1. The van der Waals surface area contributed by atoms with Gasteiger partial charge < -0.3 is 5.11 Å². The van der Waals surface area contributed by atoms with Crippen LogP contribution in [0.2, 0.25) is 0 Å². The molecule has 1 aromatic carbocycles. The number of hydrogen-bond acceptors (Lipinski definition) is 4. The van der Waals surface area contributed by atoms with Crippen molar-refractivity contribution in [1.82, 2.24) is 14.8 Å². The van der Waals surface area contributed by atoms with E-state index in [1.165, 1.54) is 12.1 Å². The lowest BCUT2D eigenvalue weighted by molar-refractivity contribution is 0.101. The van der Waals surface area contributed by atoms with Gasteiger partial charge in [0, 0.05) is 13.0 Å². The van der Waals surface area contributed by atoms with Crippen LogP contribution in [0.3, 0.4) is 0 Å². The summed E-state index contributed by atoms with van der Waals surface area (Å²) in [6.45, 7) is 0.723. The molecule has 1 amide bonds. The number of anilines is 1. The summed E-state index contributed by atoms with van der Waals surface area (Å²) in [7, 11) is 0. The Morgan fingerprint density at radius 2 is 2.20 bits per heavy atom. The maximum Gasteiger partial charge on any atom is 0.264 e. The van der Waals surface area contributed by atoms with Gasteiger partial charge in [0.15, 0.2) is 0 Å². The molecule has 1 aliphatic heterocycles. The predicted molar refractivity (Wildman–Crippen MR) is 69.0 cm³/mol. The number of amides is 1. The fraction of sp³-hybridized carbons (Fsp3) is 0.308. The molecule has 0 fully saturated rings. The second kappa shape index (κ2) is 4.92. The van der Waals surface area contributed by atoms with E-state index in [0.717, 1.165) is 37.7 Å². The van der Waals surface area contributed by atoms with Crippen molar-refractivity contribution in [3.8, 4) is 5.75 Å². The highest BCUT2D eigenvalue weighted by Crippen LogP contribution is 2.22. The zero-order valence-corrected chi connectivity index (χ0v) is 10.6. The van der Waals surface area contributed by atoms with E-state index < -0.39 is 17.5 Å². The lowest BCUT2D eigenvalue weighted by atomic mass is 10.1. The Balaban J connectivity index is 1.88. The average molecular weight is 276 g/mol. The maximum atomic E-state index is 13.6. The van der Waals surface area contributed by atoms with Gasteiger partial charge in [-0.2, -0.15) is 0 Å². The maximum absolute atomic E-state index is 13.6. The van der Waals surface area contributed by atoms with E-state index in [9.17, 15) is 14.3 Å². The van der Waals surface area contributed by atoms with E-state index in [4.69, 9.17) is 0 Å². The minimum atomic E-state index is -0.777. The molecule has 0 atom stereocenters. The van der Waals surface area contributed by atoms with Crippen LogP contribution < -0.4 is 5.32 Å². The van der Waals surface area contributed by atoms with Gasteiger partial charge in [-0.1, -0.05) is 6.07 Å². The minimum Gasteiger partial charge on any atom is -0.507 e. The molecule has 2 heterocycles. The van der Waals surface area contributed by atoms with Crippen LogP contribution in [0.25, 0.3) is 0 Å². The van der Waals surface area contributed by atoms with Crippen LogP contribution in [-0.2, 0) is 13.0 Å². The number of carbonyl (C=O) groups is 1. The summed E-state index contributed by atoms with van der Waals surface area (Å²) in [5.74, 6) is -0.820. The Morgan fingerprint density at radius 3 is 3.00 bits per heavy atom. The van der Waals surface area contributed by atoms with E-state index in [1.54, 1.807) is 4.57 Å². The van der Waals surface area contributed by atoms with Gasteiger partial charge in [-0.15, -0.1) is 10.2 Å². The first kappa shape index (κ1) is 12.6. The molecule has 0 saturated heterocycles. The van der Waals surface area contributed by atoms with Gasteiger partial charge in [-0.3, -0.25) is 14.7 Å². The largest absolute Gasteiger partial charge is 0.507 e. The second-order valence-electron chi connectivity index (χ2n) is 4.64. The predicted octanol–water partition coefficient (Wildman–Crippen LogP) is 1.71. The topological polar surface area (TPSA) is 80.0 Å². The van der Waals surface area contributed by atoms with E-state index in [1.807, 2.05) is 0 Å². The van der Waals surface area contributed by atoms with E-state index >= 15 is 0 Å². The van der Waals surface area contributed by atoms with Gasteiger partial charge in [-0.25, -0.2) is 4.39 Å². The average Bonchev–Trinajstić information content (AvgIpc) is 2.82. The van der Waals surface area contributed by atoms with E-state index in [-0.39, 0.29) is 11.5 Å². The smallest absolute Gasteiger partial charge is 0.264 e. The first-order chi connectivity index (χ1) is 9.66.